The summed E-state index contributed by atoms with van der Waals surface area (Å²) in [6.45, 7) is 3.13. The van der Waals surface area contributed by atoms with E-state index in [9.17, 15) is 9.90 Å². The molecule has 0 unspecified atom stereocenters. The van der Waals surface area contributed by atoms with Gasteiger partial charge in [-0.15, -0.1) is 0 Å². The summed E-state index contributed by atoms with van der Waals surface area (Å²) in [6.07, 6.45) is 5.82. The van der Waals surface area contributed by atoms with Crippen molar-refractivity contribution in [2.24, 2.45) is 0 Å². The minimum atomic E-state index is -0.890. The average Bonchev–Trinajstić information content (AvgIpc) is 2.73. The lowest BCUT2D eigenvalue weighted by atomic mass is 9.83. The second kappa shape index (κ2) is 7.68. The van der Waals surface area contributed by atoms with Crippen molar-refractivity contribution in [1.82, 2.24) is 14.9 Å². The highest BCUT2D eigenvalue weighted by Gasteiger charge is 2.35. The third-order valence-corrected chi connectivity index (χ3v) is 5.66. The molecule has 1 aromatic carbocycles. The van der Waals surface area contributed by atoms with Gasteiger partial charge in [0, 0.05) is 43.0 Å². The molecule has 1 fully saturated rings. The van der Waals surface area contributed by atoms with Crippen molar-refractivity contribution >= 4 is 16.8 Å². The number of aromatic nitrogens is 2. The number of carbonyl (C=O) groups is 1. The van der Waals surface area contributed by atoms with Crippen LogP contribution in [0.2, 0.25) is 0 Å². The van der Waals surface area contributed by atoms with Crippen molar-refractivity contribution in [2.45, 2.75) is 38.2 Å². The number of rotatable bonds is 4. The van der Waals surface area contributed by atoms with Crippen LogP contribution < -0.4 is 0 Å². The van der Waals surface area contributed by atoms with Crippen molar-refractivity contribution in [1.29, 1.82) is 0 Å². The molecule has 0 aliphatic carbocycles. The molecule has 0 saturated carbocycles. The second-order valence-electron chi connectivity index (χ2n) is 7.63. The van der Waals surface area contributed by atoms with Gasteiger partial charge in [-0.25, -0.2) is 0 Å². The molecule has 0 spiro atoms. The van der Waals surface area contributed by atoms with Gasteiger partial charge in [0.2, 0.25) is 5.91 Å². The monoisotopic (exact) mass is 375 g/mol. The van der Waals surface area contributed by atoms with Crippen LogP contribution in [-0.4, -0.2) is 39.0 Å². The highest BCUT2D eigenvalue weighted by molar-refractivity contribution is 5.80. The van der Waals surface area contributed by atoms with Gasteiger partial charge >= 0.3 is 0 Å². The molecule has 5 nitrogen and oxygen atoms in total. The Morgan fingerprint density at radius 2 is 2.00 bits per heavy atom. The third kappa shape index (κ3) is 3.90. The zero-order valence-corrected chi connectivity index (χ0v) is 16.1. The molecule has 4 rings (SSSR count). The molecule has 144 valence electrons. The van der Waals surface area contributed by atoms with Gasteiger partial charge in [0.15, 0.2) is 0 Å². The number of amides is 1. The molecule has 0 atom stereocenters. The van der Waals surface area contributed by atoms with Crippen LogP contribution in [0.5, 0.6) is 0 Å². The summed E-state index contributed by atoms with van der Waals surface area (Å²) in [5.41, 5.74) is 3.02. The van der Waals surface area contributed by atoms with E-state index in [1.54, 1.807) is 12.4 Å². The quantitative estimate of drug-likeness (QED) is 0.759. The Balaban J connectivity index is 1.39. The van der Waals surface area contributed by atoms with E-state index in [1.165, 1.54) is 0 Å². The maximum absolute atomic E-state index is 12.5. The van der Waals surface area contributed by atoms with Crippen molar-refractivity contribution in [2.75, 3.05) is 13.1 Å². The lowest BCUT2D eigenvalue weighted by Crippen LogP contribution is -2.45. The maximum atomic E-state index is 12.5. The van der Waals surface area contributed by atoms with Crippen LogP contribution in [0.4, 0.5) is 0 Å². The van der Waals surface area contributed by atoms with Crippen LogP contribution in [0.15, 0.2) is 54.9 Å². The molecule has 1 saturated heterocycles. The minimum Gasteiger partial charge on any atom is -0.385 e. The molecule has 0 bridgehead atoms. The summed E-state index contributed by atoms with van der Waals surface area (Å²) in [5.74, 6) is 0.143. The van der Waals surface area contributed by atoms with Gasteiger partial charge in [0.1, 0.15) is 0 Å². The summed E-state index contributed by atoms with van der Waals surface area (Å²) in [5, 5.41) is 12.2. The molecular weight excluding hydrogens is 350 g/mol. The molecule has 1 N–H and O–H groups in total. The van der Waals surface area contributed by atoms with Gasteiger partial charge in [-0.05, 0) is 61.6 Å². The highest BCUT2D eigenvalue weighted by Crippen LogP contribution is 2.34. The highest BCUT2D eigenvalue weighted by atomic mass is 16.3. The van der Waals surface area contributed by atoms with E-state index in [0.29, 0.717) is 38.8 Å². The number of aliphatic hydroxyl groups is 1. The van der Waals surface area contributed by atoms with Gasteiger partial charge in [-0.3, -0.25) is 14.8 Å². The molecule has 1 amide bonds. The van der Waals surface area contributed by atoms with Crippen LogP contribution in [0.25, 0.3) is 10.9 Å². The largest absolute Gasteiger partial charge is 0.385 e. The van der Waals surface area contributed by atoms with E-state index in [0.717, 1.165) is 27.7 Å². The minimum absolute atomic E-state index is 0.143. The topological polar surface area (TPSA) is 66.3 Å². The van der Waals surface area contributed by atoms with Gasteiger partial charge in [0.05, 0.1) is 11.1 Å². The number of carbonyl (C=O) groups excluding carboxylic acids is 1. The van der Waals surface area contributed by atoms with Crippen LogP contribution in [0.1, 0.15) is 36.1 Å². The number of hydrogen-bond donors (Lipinski definition) is 1. The Bertz CT molecular complexity index is 980. The summed E-state index contributed by atoms with van der Waals surface area (Å²) >= 11 is 0. The molecule has 2 aromatic heterocycles. The fraction of sp³-hybridized carbons (Fsp3) is 0.348. The fourth-order valence-electron chi connectivity index (χ4n) is 3.89. The fourth-order valence-corrected chi connectivity index (χ4v) is 3.89. The lowest BCUT2D eigenvalue weighted by Gasteiger charge is -2.38. The smallest absolute Gasteiger partial charge is 0.222 e. The molecule has 1 aliphatic rings. The van der Waals surface area contributed by atoms with Gasteiger partial charge in [-0.2, -0.15) is 0 Å². The van der Waals surface area contributed by atoms with E-state index in [-0.39, 0.29) is 5.91 Å². The Morgan fingerprint density at radius 1 is 1.18 bits per heavy atom. The van der Waals surface area contributed by atoms with E-state index in [4.69, 9.17) is 0 Å². The second-order valence-corrected chi connectivity index (χ2v) is 7.63. The van der Waals surface area contributed by atoms with Crippen molar-refractivity contribution in [3.05, 3.63) is 71.7 Å². The molecule has 5 heteroatoms. The Labute approximate surface area is 165 Å². The summed E-state index contributed by atoms with van der Waals surface area (Å²) in [7, 11) is 0. The Hall–Kier alpha value is -2.79. The first-order valence-electron chi connectivity index (χ1n) is 9.80. The van der Waals surface area contributed by atoms with Crippen LogP contribution >= 0.6 is 0 Å². The van der Waals surface area contributed by atoms with E-state index in [2.05, 4.69) is 9.97 Å². The molecule has 0 radical (unpaired) electrons. The van der Waals surface area contributed by atoms with Crippen LogP contribution in [-0.2, 0) is 16.8 Å². The number of likely N-dealkylation sites (tertiary alicyclic amines) is 1. The number of nitrogens with zero attached hydrogens (tertiary/aromatic N) is 3. The SMILES string of the molecule is Cc1ccc2cc(C3(O)CCN(C(=O)CCc4cccnc4)CC3)ccc2n1. The number of benzene rings is 1. The summed E-state index contributed by atoms with van der Waals surface area (Å²) < 4.78 is 0. The summed E-state index contributed by atoms with van der Waals surface area (Å²) in [4.78, 5) is 23.0. The van der Waals surface area contributed by atoms with E-state index >= 15 is 0 Å². The Kier molecular flexibility index (Phi) is 5.09. The molecule has 3 heterocycles. The van der Waals surface area contributed by atoms with Crippen molar-refractivity contribution < 1.29 is 9.90 Å². The number of piperidine rings is 1. The van der Waals surface area contributed by atoms with Gasteiger partial charge in [-0.1, -0.05) is 18.2 Å². The van der Waals surface area contributed by atoms with E-state index < -0.39 is 5.60 Å². The van der Waals surface area contributed by atoms with Crippen molar-refractivity contribution in [3.8, 4) is 0 Å². The average molecular weight is 375 g/mol. The molecule has 1 aliphatic heterocycles. The lowest BCUT2D eigenvalue weighted by molar-refractivity contribution is -0.135. The number of hydrogen-bond acceptors (Lipinski definition) is 4. The predicted molar refractivity (Wildman–Crippen MR) is 109 cm³/mol. The van der Waals surface area contributed by atoms with Gasteiger partial charge < -0.3 is 10.0 Å². The van der Waals surface area contributed by atoms with E-state index in [1.807, 2.05) is 54.3 Å². The molecular formula is C23H25N3O2. The first-order valence-corrected chi connectivity index (χ1v) is 9.80. The molecule has 28 heavy (non-hydrogen) atoms. The Morgan fingerprint density at radius 3 is 2.75 bits per heavy atom. The zero-order valence-electron chi connectivity index (χ0n) is 16.1. The number of fused-ring (bicyclic) bond motifs is 1. The first-order chi connectivity index (χ1) is 13.5. The van der Waals surface area contributed by atoms with Crippen molar-refractivity contribution in [3.63, 3.8) is 0 Å². The van der Waals surface area contributed by atoms with Crippen LogP contribution in [0.3, 0.4) is 0 Å². The number of aryl methyl sites for hydroxylation is 2. The zero-order chi connectivity index (χ0) is 19.6. The predicted octanol–water partition coefficient (Wildman–Crippen LogP) is 3.38. The normalized spacial score (nSPS) is 16.3. The summed E-state index contributed by atoms with van der Waals surface area (Å²) in [6, 6.07) is 13.9. The maximum Gasteiger partial charge on any atom is 0.222 e. The number of pyridine rings is 2. The molecule has 3 aromatic rings. The third-order valence-electron chi connectivity index (χ3n) is 5.66. The van der Waals surface area contributed by atoms with Crippen LogP contribution in [0, 0.1) is 6.92 Å². The van der Waals surface area contributed by atoms with Gasteiger partial charge in [0.25, 0.3) is 0 Å². The standard InChI is InChI=1S/C23H25N3O2/c1-17-4-6-19-15-20(7-8-21(19)25-17)23(28)10-13-26(14-11-23)22(27)9-5-18-3-2-12-24-16-18/h2-4,6-8,12,15-16,28H,5,9-11,13-14H2,1H3. The first kappa shape index (κ1) is 18.6.